The van der Waals surface area contributed by atoms with Gasteiger partial charge in [0.15, 0.2) is 0 Å². The molecule has 0 aromatic carbocycles. The van der Waals surface area contributed by atoms with Gasteiger partial charge in [0.1, 0.15) is 5.82 Å². The van der Waals surface area contributed by atoms with Crippen LogP contribution in [0, 0.1) is 5.92 Å². The number of aromatic nitrogens is 2. The van der Waals surface area contributed by atoms with Gasteiger partial charge in [0, 0.05) is 56.3 Å². The monoisotopic (exact) mass is 344 g/mol. The van der Waals surface area contributed by atoms with Crippen molar-refractivity contribution in [1.82, 2.24) is 19.4 Å². The van der Waals surface area contributed by atoms with E-state index in [1.54, 1.807) is 6.20 Å². The number of hydrogen-bond acceptors (Lipinski definition) is 4. The number of likely N-dealkylation sites (tertiary alicyclic amines) is 1. The van der Waals surface area contributed by atoms with Gasteiger partial charge in [-0.1, -0.05) is 0 Å². The molecule has 24 heavy (non-hydrogen) atoms. The van der Waals surface area contributed by atoms with Crippen LogP contribution in [0.3, 0.4) is 0 Å². The van der Waals surface area contributed by atoms with Crippen molar-refractivity contribution in [2.45, 2.75) is 25.9 Å². The van der Waals surface area contributed by atoms with Crippen LogP contribution in [-0.2, 0) is 17.9 Å². The number of rotatable bonds is 3. The number of amides is 2. The van der Waals surface area contributed by atoms with Crippen LogP contribution in [-0.4, -0.2) is 50.8 Å². The standard InChI is InChI=1S/C17H20N4O2S/c22-16-2-1-5-20(16)9-13-8-19-6-4-18-15(19)11-21(10-13)17(23)14-3-7-24-12-14/h3-4,6-7,12-13H,1-2,5,8-11H2/t13-/m1/s1. The van der Waals surface area contributed by atoms with Crippen LogP contribution < -0.4 is 0 Å². The van der Waals surface area contributed by atoms with Gasteiger partial charge < -0.3 is 14.4 Å². The summed E-state index contributed by atoms with van der Waals surface area (Å²) >= 11 is 1.53. The van der Waals surface area contributed by atoms with Crippen LogP contribution in [0.5, 0.6) is 0 Å². The summed E-state index contributed by atoms with van der Waals surface area (Å²) in [7, 11) is 0. The van der Waals surface area contributed by atoms with E-state index in [0.717, 1.165) is 30.9 Å². The third-order valence-corrected chi connectivity index (χ3v) is 5.46. The summed E-state index contributed by atoms with van der Waals surface area (Å²) in [6.45, 7) is 3.52. The SMILES string of the molecule is O=C1CCCN1C[C@@H]1CN(C(=O)c2ccsc2)Cc2nccn2C1. The Morgan fingerprint density at radius 2 is 2.29 bits per heavy atom. The fourth-order valence-electron chi connectivity index (χ4n) is 3.59. The predicted octanol–water partition coefficient (Wildman–Crippen LogP) is 1.84. The zero-order chi connectivity index (χ0) is 16.5. The minimum atomic E-state index is 0.0467. The molecule has 7 heteroatoms. The maximum atomic E-state index is 12.8. The Bertz CT molecular complexity index is 740. The highest BCUT2D eigenvalue weighted by Gasteiger charge is 2.30. The quantitative estimate of drug-likeness (QED) is 0.854. The van der Waals surface area contributed by atoms with Crippen molar-refractivity contribution in [2.75, 3.05) is 19.6 Å². The molecule has 2 aliphatic rings. The average Bonchev–Trinajstić information content (AvgIpc) is 3.29. The van der Waals surface area contributed by atoms with Gasteiger partial charge in [0.05, 0.1) is 12.1 Å². The van der Waals surface area contributed by atoms with Crippen molar-refractivity contribution in [2.24, 2.45) is 5.92 Å². The van der Waals surface area contributed by atoms with E-state index in [0.29, 0.717) is 26.1 Å². The third kappa shape index (κ3) is 2.96. The first-order valence-corrected chi connectivity index (χ1v) is 9.24. The normalized spacial score (nSPS) is 21.0. The van der Waals surface area contributed by atoms with Crippen LogP contribution in [0.2, 0.25) is 0 Å². The van der Waals surface area contributed by atoms with Crippen LogP contribution in [0.25, 0.3) is 0 Å². The van der Waals surface area contributed by atoms with Crippen LogP contribution in [0.1, 0.15) is 29.0 Å². The van der Waals surface area contributed by atoms with Gasteiger partial charge in [-0.25, -0.2) is 4.98 Å². The van der Waals surface area contributed by atoms with Gasteiger partial charge in [-0.05, 0) is 17.9 Å². The molecule has 1 saturated heterocycles. The molecule has 0 unspecified atom stereocenters. The van der Waals surface area contributed by atoms with E-state index in [-0.39, 0.29) is 17.7 Å². The zero-order valence-corrected chi connectivity index (χ0v) is 14.2. The van der Waals surface area contributed by atoms with Crippen LogP contribution in [0.15, 0.2) is 29.2 Å². The topological polar surface area (TPSA) is 58.4 Å². The molecule has 2 aromatic heterocycles. The number of fused-ring (bicyclic) bond motifs is 1. The Kier molecular flexibility index (Phi) is 4.10. The summed E-state index contributed by atoms with van der Waals surface area (Å²) in [5.74, 6) is 1.42. The van der Waals surface area contributed by atoms with E-state index in [2.05, 4.69) is 9.55 Å². The highest BCUT2D eigenvalue weighted by atomic mass is 32.1. The largest absolute Gasteiger partial charge is 0.342 e. The molecule has 0 bridgehead atoms. The summed E-state index contributed by atoms with van der Waals surface area (Å²) in [4.78, 5) is 33.0. The molecule has 6 nitrogen and oxygen atoms in total. The van der Waals surface area contributed by atoms with Gasteiger partial charge in [0.25, 0.3) is 5.91 Å². The van der Waals surface area contributed by atoms with Crippen molar-refractivity contribution in [3.63, 3.8) is 0 Å². The van der Waals surface area contributed by atoms with E-state index < -0.39 is 0 Å². The predicted molar refractivity (Wildman–Crippen MR) is 90.6 cm³/mol. The molecule has 0 radical (unpaired) electrons. The lowest BCUT2D eigenvalue weighted by atomic mass is 10.1. The fraction of sp³-hybridized carbons (Fsp3) is 0.471. The highest BCUT2D eigenvalue weighted by molar-refractivity contribution is 7.08. The Balaban J connectivity index is 1.56. The summed E-state index contributed by atoms with van der Waals surface area (Å²) in [6, 6.07) is 1.86. The number of imidazole rings is 1. The fourth-order valence-corrected chi connectivity index (χ4v) is 4.22. The lowest BCUT2D eigenvalue weighted by Crippen LogP contribution is -2.39. The Morgan fingerprint density at radius 1 is 1.38 bits per heavy atom. The van der Waals surface area contributed by atoms with Crippen molar-refractivity contribution in [3.8, 4) is 0 Å². The van der Waals surface area contributed by atoms with E-state index >= 15 is 0 Å². The van der Waals surface area contributed by atoms with Crippen LogP contribution >= 0.6 is 11.3 Å². The van der Waals surface area contributed by atoms with Gasteiger partial charge >= 0.3 is 0 Å². The third-order valence-electron chi connectivity index (χ3n) is 4.77. The summed E-state index contributed by atoms with van der Waals surface area (Å²) < 4.78 is 2.12. The van der Waals surface area contributed by atoms with Crippen molar-refractivity contribution in [3.05, 3.63) is 40.6 Å². The molecule has 2 amide bonds. The minimum absolute atomic E-state index is 0.0467. The Labute approximate surface area is 144 Å². The number of carbonyl (C=O) groups excluding carboxylic acids is 2. The smallest absolute Gasteiger partial charge is 0.255 e. The van der Waals surface area contributed by atoms with Crippen LogP contribution in [0.4, 0.5) is 0 Å². The molecule has 0 aliphatic carbocycles. The first-order chi connectivity index (χ1) is 11.7. The lowest BCUT2D eigenvalue weighted by molar-refractivity contribution is -0.128. The second-order valence-electron chi connectivity index (χ2n) is 6.50. The molecule has 4 rings (SSSR count). The zero-order valence-electron chi connectivity index (χ0n) is 13.4. The molecular weight excluding hydrogens is 324 g/mol. The number of hydrogen-bond donors (Lipinski definition) is 0. The average molecular weight is 344 g/mol. The Morgan fingerprint density at radius 3 is 3.04 bits per heavy atom. The molecule has 4 heterocycles. The van der Waals surface area contributed by atoms with E-state index in [1.165, 1.54) is 11.3 Å². The highest BCUT2D eigenvalue weighted by Crippen LogP contribution is 2.21. The molecule has 1 atom stereocenters. The number of carbonyl (C=O) groups is 2. The van der Waals surface area contributed by atoms with Crippen molar-refractivity contribution < 1.29 is 9.59 Å². The molecular formula is C17H20N4O2S. The van der Waals surface area contributed by atoms with Crippen molar-refractivity contribution >= 4 is 23.2 Å². The molecule has 0 saturated carbocycles. The second kappa shape index (κ2) is 6.39. The van der Waals surface area contributed by atoms with Gasteiger partial charge in [-0.2, -0.15) is 11.3 Å². The molecule has 2 aromatic rings. The molecule has 0 N–H and O–H groups in total. The summed E-state index contributed by atoms with van der Waals surface area (Å²) in [6.07, 6.45) is 5.35. The number of thiophene rings is 1. The molecule has 2 aliphatic heterocycles. The summed E-state index contributed by atoms with van der Waals surface area (Å²) in [5.41, 5.74) is 0.732. The molecule has 1 fully saturated rings. The summed E-state index contributed by atoms with van der Waals surface area (Å²) in [5, 5.41) is 3.81. The molecule has 0 spiro atoms. The van der Waals surface area contributed by atoms with Gasteiger partial charge in [-0.15, -0.1) is 0 Å². The van der Waals surface area contributed by atoms with Gasteiger partial charge in [0.2, 0.25) is 5.91 Å². The Hall–Kier alpha value is -2.15. The maximum Gasteiger partial charge on any atom is 0.255 e. The van der Waals surface area contributed by atoms with E-state index in [9.17, 15) is 9.59 Å². The second-order valence-corrected chi connectivity index (χ2v) is 7.28. The van der Waals surface area contributed by atoms with Gasteiger partial charge in [-0.3, -0.25) is 9.59 Å². The molecule has 126 valence electrons. The van der Waals surface area contributed by atoms with Crippen molar-refractivity contribution in [1.29, 1.82) is 0 Å². The minimum Gasteiger partial charge on any atom is -0.342 e. The van der Waals surface area contributed by atoms with E-state index in [1.807, 2.05) is 32.8 Å². The number of nitrogens with zero attached hydrogens (tertiary/aromatic N) is 4. The van der Waals surface area contributed by atoms with E-state index in [4.69, 9.17) is 0 Å². The maximum absolute atomic E-state index is 12.8. The first kappa shape index (κ1) is 15.4. The first-order valence-electron chi connectivity index (χ1n) is 8.30. The lowest BCUT2D eigenvalue weighted by Gasteiger charge is -2.27.